The summed E-state index contributed by atoms with van der Waals surface area (Å²) < 4.78 is 18.2. The lowest BCUT2D eigenvalue weighted by Gasteiger charge is -2.51. The van der Waals surface area contributed by atoms with Crippen LogP contribution in [0.25, 0.3) is 0 Å². The number of carbonyl (C=O) groups is 2. The van der Waals surface area contributed by atoms with Gasteiger partial charge in [-0.2, -0.15) is 0 Å². The topological polar surface area (TPSA) is 77.1 Å². The van der Waals surface area contributed by atoms with E-state index in [4.69, 9.17) is 14.2 Å². The molecule has 0 unspecified atom stereocenters. The average Bonchev–Trinajstić information content (AvgIpc) is 2.78. The van der Waals surface area contributed by atoms with Gasteiger partial charge in [-0.25, -0.2) is 0 Å². The van der Waals surface area contributed by atoms with Crippen LogP contribution in [-0.2, 0) is 19.1 Å². The number of fused-ring (bicyclic) bond motifs is 6. The lowest BCUT2D eigenvalue weighted by molar-refractivity contribution is -0.155. The maximum atomic E-state index is 13.2. The fourth-order valence-electron chi connectivity index (χ4n) is 5.83. The number of para-hydroxylation sites is 1. The molecule has 2 bridgehead atoms. The zero-order valence-electron chi connectivity index (χ0n) is 18.0. The van der Waals surface area contributed by atoms with E-state index in [1.165, 1.54) is 5.56 Å². The molecular formula is C24H32N2O5. The summed E-state index contributed by atoms with van der Waals surface area (Å²) in [5, 5.41) is 3.17. The number of hydrogen-bond acceptors (Lipinski definition) is 5. The van der Waals surface area contributed by atoms with Gasteiger partial charge in [-0.05, 0) is 56.1 Å². The maximum absolute atomic E-state index is 13.2. The number of nitrogens with zero attached hydrogens (tertiary/aromatic N) is 1. The number of benzene rings is 1. The minimum atomic E-state index is -0.565. The van der Waals surface area contributed by atoms with Gasteiger partial charge >= 0.3 is 0 Å². The first-order valence-electron chi connectivity index (χ1n) is 11.7. The van der Waals surface area contributed by atoms with E-state index in [1.54, 1.807) is 0 Å². The molecular weight excluding hydrogens is 396 g/mol. The van der Waals surface area contributed by atoms with E-state index in [1.807, 2.05) is 17.0 Å². The molecule has 0 aromatic heterocycles. The molecule has 5 aliphatic rings. The Morgan fingerprint density at radius 2 is 1.94 bits per heavy atom. The monoisotopic (exact) mass is 428 g/mol. The van der Waals surface area contributed by atoms with Gasteiger partial charge in [0.15, 0.2) is 0 Å². The molecule has 2 amide bonds. The number of piperidine rings is 1. The van der Waals surface area contributed by atoms with Crippen molar-refractivity contribution >= 4 is 11.8 Å². The molecule has 2 saturated heterocycles. The van der Waals surface area contributed by atoms with Crippen LogP contribution in [0.3, 0.4) is 0 Å². The van der Waals surface area contributed by atoms with E-state index < -0.39 is 5.54 Å². The standard InChI is InChI=1S/C24H32N2O5/c27-22-15-29-16-24(25-22)11-3-12-26-21(24)14-31-18-8-6-17(7-9-18)19-4-1-2-5-20(19)30-13-10-23(26)28/h1-2,4-5,17-18,21H,3,6-16H2,(H,25,27)/t17?,18?,21-,24+/m0/s1. The molecule has 3 fully saturated rings. The maximum Gasteiger partial charge on any atom is 0.246 e. The fraction of sp³-hybridized carbons (Fsp3) is 0.667. The van der Waals surface area contributed by atoms with E-state index in [0.29, 0.717) is 38.7 Å². The quantitative estimate of drug-likeness (QED) is 0.687. The van der Waals surface area contributed by atoms with Crippen LogP contribution in [0, 0.1) is 0 Å². The Morgan fingerprint density at radius 1 is 1.10 bits per heavy atom. The molecule has 1 aliphatic carbocycles. The summed E-state index contributed by atoms with van der Waals surface area (Å²) >= 11 is 0. The summed E-state index contributed by atoms with van der Waals surface area (Å²) in [5.74, 6) is 1.31. The van der Waals surface area contributed by atoms with Crippen LogP contribution < -0.4 is 10.1 Å². The van der Waals surface area contributed by atoms with E-state index >= 15 is 0 Å². The molecule has 7 heteroatoms. The molecule has 168 valence electrons. The van der Waals surface area contributed by atoms with E-state index in [2.05, 4.69) is 17.4 Å². The van der Waals surface area contributed by atoms with Gasteiger partial charge < -0.3 is 24.4 Å². The van der Waals surface area contributed by atoms with Crippen molar-refractivity contribution in [2.24, 2.45) is 0 Å². The molecule has 0 radical (unpaired) electrons. The number of morpholine rings is 1. The summed E-state index contributed by atoms with van der Waals surface area (Å²) in [5.41, 5.74) is 0.688. The molecule has 1 N–H and O–H groups in total. The Morgan fingerprint density at radius 3 is 2.77 bits per heavy atom. The van der Waals surface area contributed by atoms with Crippen molar-refractivity contribution in [1.82, 2.24) is 10.2 Å². The van der Waals surface area contributed by atoms with Gasteiger partial charge in [0, 0.05) is 6.54 Å². The first-order valence-corrected chi connectivity index (χ1v) is 11.7. The van der Waals surface area contributed by atoms with E-state index in [9.17, 15) is 9.59 Å². The summed E-state index contributed by atoms with van der Waals surface area (Å²) in [6.45, 7) is 1.97. The number of rotatable bonds is 0. The second-order valence-corrected chi connectivity index (χ2v) is 9.35. The van der Waals surface area contributed by atoms with Crippen molar-refractivity contribution < 1.29 is 23.8 Å². The van der Waals surface area contributed by atoms with E-state index in [-0.39, 0.29) is 30.6 Å². The van der Waals surface area contributed by atoms with Crippen LogP contribution >= 0.6 is 0 Å². The molecule has 1 aromatic carbocycles. The Kier molecular flexibility index (Phi) is 5.89. The van der Waals surface area contributed by atoms with Crippen LogP contribution in [0.4, 0.5) is 0 Å². The SMILES string of the molecule is O=C1COC[C@@]2(CCCN3C(=O)CCOc4ccccc4C4CCC(CC4)OC[C@H]32)N1. The zero-order valence-corrected chi connectivity index (χ0v) is 18.0. The summed E-state index contributed by atoms with van der Waals surface area (Å²) in [7, 11) is 0. The van der Waals surface area contributed by atoms with Crippen molar-refractivity contribution in [1.29, 1.82) is 0 Å². The second-order valence-electron chi connectivity index (χ2n) is 9.35. The highest BCUT2D eigenvalue weighted by molar-refractivity contribution is 5.80. The van der Waals surface area contributed by atoms with Gasteiger partial charge in [0.05, 0.1) is 43.9 Å². The third kappa shape index (κ3) is 4.17. The Balaban J connectivity index is 1.41. The van der Waals surface area contributed by atoms with Crippen LogP contribution in [0.1, 0.15) is 56.4 Å². The molecule has 1 saturated carbocycles. The molecule has 7 nitrogen and oxygen atoms in total. The number of ether oxygens (including phenoxy) is 3. The molecule has 4 heterocycles. The average molecular weight is 429 g/mol. The van der Waals surface area contributed by atoms with Crippen LogP contribution in [0.5, 0.6) is 5.75 Å². The van der Waals surface area contributed by atoms with Gasteiger partial charge in [0.25, 0.3) is 0 Å². The van der Waals surface area contributed by atoms with Crippen LogP contribution in [0.15, 0.2) is 24.3 Å². The predicted molar refractivity (Wildman–Crippen MR) is 114 cm³/mol. The van der Waals surface area contributed by atoms with Gasteiger partial charge in [-0.1, -0.05) is 18.2 Å². The van der Waals surface area contributed by atoms with Crippen LogP contribution in [0.2, 0.25) is 0 Å². The van der Waals surface area contributed by atoms with Crippen molar-refractivity contribution in [3.05, 3.63) is 29.8 Å². The molecule has 6 rings (SSSR count). The summed E-state index contributed by atoms with van der Waals surface area (Å²) in [6.07, 6.45) is 6.26. The second kappa shape index (κ2) is 8.79. The van der Waals surface area contributed by atoms with Gasteiger partial charge in [-0.3, -0.25) is 9.59 Å². The summed E-state index contributed by atoms with van der Waals surface area (Å²) in [6, 6.07) is 8.02. The highest BCUT2D eigenvalue weighted by Gasteiger charge is 2.49. The minimum absolute atomic E-state index is 0.0483. The highest BCUT2D eigenvalue weighted by Crippen LogP contribution is 2.39. The van der Waals surface area contributed by atoms with Crippen molar-refractivity contribution in [3.8, 4) is 5.75 Å². The number of amides is 2. The minimum Gasteiger partial charge on any atom is -0.493 e. The van der Waals surface area contributed by atoms with Crippen molar-refractivity contribution in [2.45, 2.75) is 68.5 Å². The highest BCUT2D eigenvalue weighted by atomic mass is 16.5. The molecule has 31 heavy (non-hydrogen) atoms. The molecule has 1 spiro atoms. The zero-order chi connectivity index (χ0) is 21.3. The predicted octanol–water partition coefficient (Wildman–Crippen LogP) is 2.39. The lowest BCUT2D eigenvalue weighted by atomic mass is 9.80. The third-order valence-electron chi connectivity index (χ3n) is 7.43. The van der Waals surface area contributed by atoms with Gasteiger partial charge in [0.2, 0.25) is 11.8 Å². The van der Waals surface area contributed by atoms with Crippen molar-refractivity contribution in [3.63, 3.8) is 0 Å². The first-order chi connectivity index (χ1) is 15.1. The normalized spacial score (nSPS) is 34.3. The van der Waals surface area contributed by atoms with Crippen molar-refractivity contribution in [2.75, 3.05) is 33.0 Å². The lowest BCUT2D eigenvalue weighted by Crippen LogP contribution is -2.72. The van der Waals surface area contributed by atoms with E-state index in [0.717, 1.165) is 44.3 Å². The van der Waals surface area contributed by atoms with Gasteiger partial charge in [-0.15, -0.1) is 0 Å². The fourth-order valence-corrected chi connectivity index (χ4v) is 5.83. The molecule has 4 aliphatic heterocycles. The number of nitrogens with one attached hydrogen (secondary N) is 1. The van der Waals surface area contributed by atoms with Crippen LogP contribution in [-0.4, -0.2) is 67.4 Å². The first kappa shape index (κ1) is 20.8. The largest absolute Gasteiger partial charge is 0.493 e. The Labute approximate surface area is 183 Å². The Bertz CT molecular complexity index is 818. The number of carbonyl (C=O) groups excluding carboxylic acids is 2. The number of hydrogen-bond donors (Lipinski definition) is 1. The smallest absolute Gasteiger partial charge is 0.246 e. The third-order valence-corrected chi connectivity index (χ3v) is 7.43. The molecule has 1 aromatic rings. The summed E-state index contributed by atoms with van der Waals surface area (Å²) in [4.78, 5) is 27.3. The molecule has 2 atom stereocenters. The Hall–Kier alpha value is -2.12. The van der Waals surface area contributed by atoms with Gasteiger partial charge in [0.1, 0.15) is 12.4 Å².